The van der Waals surface area contributed by atoms with Gasteiger partial charge in [0, 0.05) is 11.6 Å². The van der Waals surface area contributed by atoms with Gasteiger partial charge in [-0.1, -0.05) is 44.2 Å². The summed E-state index contributed by atoms with van der Waals surface area (Å²) < 4.78 is 0. The zero-order valence-electron chi connectivity index (χ0n) is 12.1. The Labute approximate surface area is 115 Å². The average molecular weight is 257 g/mol. The lowest BCUT2D eigenvalue weighted by Gasteiger charge is -2.21. The smallest absolute Gasteiger partial charge is 0.227 e. The molecule has 1 N–H and O–H groups in total. The fourth-order valence-electron chi connectivity index (χ4n) is 2.60. The maximum atomic E-state index is 12.3. The van der Waals surface area contributed by atoms with E-state index in [1.54, 1.807) is 0 Å². The van der Waals surface area contributed by atoms with Crippen molar-refractivity contribution >= 4 is 11.6 Å². The topological polar surface area (TPSA) is 29.1 Å². The van der Waals surface area contributed by atoms with Crippen LogP contribution in [0.3, 0.4) is 0 Å². The molecule has 0 spiro atoms. The first-order valence-electron chi connectivity index (χ1n) is 7.15. The lowest BCUT2D eigenvalue weighted by atomic mass is 9.92. The summed E-state index contributed by atoms with van der Waals surface area (Å²) >= 11 is 0. The predicted molar refractivity (Wildman–Crippen MR) is 80.4 cm³/mol. The molecule has 2 rings (SSSR count). The molecule has 1 amide bonds. The maximum absolute atomic E-state index is 12.3. The van der Waals surface area contributed by atoms with Gasteiger partial charge in [-0.15, -0.1) is 0 Å². The zero-order valence-corrected chi connectivity index (χ0v) is 12.1. The molecule has 2 heteroatoms. The van der Waals surface area contributed by atoms with E-state index in [1.165, 1.54) is 5.56 Å². The molecule has 1 unspecified atom stereocenters. The van der Waals surface area contributed by atoms with Crippen LogP contribution in [0.1, 0.15) is 50.2 Å². The van der Waals surface area contributed by atoms with Crippen molar-refractivity contribution in [3.63, 3.8) is 0 Å². The number of carbonyl (C=O) groups is 1. The molecule has 0 saturated carbocycles. The molecule has 19 heavy (non-hydrogen) atoms. The first-order valence-corrected chi connectivity index (χ1v) is 7.15. The summed E-state index contributed by atoms with van der Waals surface area (Å²) in [5.74, 6) is 0.714. The third-order valence-electron chi connectivity index (χ3n) is 3.82. The molecule has 1 aromatic carbocycles. The molecule has 2 nitrogen and oxygen atoms in total. The number of amides is 1. The molecule has 102 valence electrons. The molecule has 0 radical (unpaired) electrons. The van der Waals surface area contributed by atoms with Crippen LogP contribution in [0.5, 0.6) is 0 Å². The van der Waals surface area contributed by atoms with Gasteiger partial charge in [0.2, 0.25) is 5.91 Å². The van der Waals surface area contributed by atoms with Crippen molar-refractivity contribution in [2.75, 3.05) is 5.32 Å². The van der Waals surface area contributed by atoms with E-state index in [9.17, 15) is 4.79 Å². The molecule has 1 aliphatic rings. The minimum atomic E-state index is 0.129. The largest absolute Gasteiger partial charge is 0.325 e. The van der Waals surface area contributed by atoms with Crippen molar-refractivity contribution in [1.82, 2.24) is 0 Å². The Morgan fingerprint density at radius 2 is 2.11 bits per heavy atom. The number of hydrogen-bond donors (Lipinski definition) is 1. The number of rotatable bonds is 3. The van der Waals surface area contributed by atoms with Gasteiger partial charge >= 0.3 is 0 Å². The van der Waals surface area contributed by atoms with Crippen molar-refractivity contribution in [3.8, 4) is 0 Å². The molecule has 1 aromatic rings. The molecule has 0 bridgehead atoms. The summed E-state index contributed by atoms with van der Waals surface area (Å²) in [5.41, 5.74) is 3.38. The van der Waals surface area contributed by atoms with Gasteiger partial charge in [-0.2, -0.15) is 0 Å². The van der Waals surface area contributed by atoms with Gasteiger partial charge in [-0.05, 0) is 43.2 Å². The molecular weight excluding hydrogens is 234 g/mol. The fourth-order valence-corrected chi connectivity index (χ4v) is 2.60. The van der Waals surface area contributed by atoms with Crippen molar-refractivity contribution in [1.29, 1.82) is 0 Å². The van der Waals surface area contributed by atoms with Gasteiger partial charge in [-0.25, -0.2) is 0 Å². The number of anilines is 1. The Morgan fingerprint density at radius 1 is 1.32 bits per heavy atom. The highest BCUT2D eigenvalue weighted by Gasteiger charge is 2.20. The van der Waals surface area contributed by atoms with Crippen LogP contribution in [-0.4, -0.2) is 5.91 Å². The Kier molecular flexibility index (Phi) is 4.41. The van der Waals surface area contributed by atoms with E-state index in [0.717, 1.165) is 30.5 Å². The Morgan fingerprint density at radius 3 is 2.74 bits per heavy atom. The van der Waals surface area contributed by atoms with E-state index in [-0.39, 0.29) is 11.8 Å². The molecule has 0 aliphatic heterocycles. The van der Waals surface area contributed by atoms with Crippen molar-refractivity contribution in [3.05, 3.63) is 41.5 Å². The van der Waals surface area contributed by atoms with E-state index >= 15 is 0 Å². The van der Waals surface area contributed by atoms with Crippen LogP contribution in [0.25, 0.3) is 0 Å². The second-order valence-electron chi connectivity index (χ2n) is 5.66. The van der Waals surface area contributed by atoms with Crippen LogP contribution >= 0.6 is 0 Å². The van der Waals surface area contributed by atoms with Gasteiger partial charge in [0.25, 0.3) is 0 Å². The van der Waals surface area contributed by atoms with Gasteiger partial charge in [-0.3, -0.25) is 4.79 Å². The number of carbonyl (C=O) groups excluding carboxylic acids is 1. The van der Waals surface area contributed by atoms with Gasteiger partial charge in [0.1, 0.15) is 0 Å². The normalized spacial score (nSPS) is 18.6. The lowest BCUT2D eigenvalue weighted by molar-refractivity contribution is -0.120. The fraction of sp³-hybridized carbons (Fsp3) is 0.471. The minimum Gasteiger partial charge on any atom is -0.325 e. The first-order chi connectivity index (χ1) is 9.09. The lowest BCUT2D eigenvalue weighted by Crippen LogP contribution is -2.24. The van der Waals surface area contributed by atoms with E-state index in [0.29, 0.717) is 5.92 Å². The van der Waals surface area contributed by atoms with Crippen LogP contribution in [0, 0.1) is 12.8 Å². The third-order valence-corrected chi connectivity index (χ3v) is 3.82. The van der Waals surface area contributed by atoms with E-state index in [4.69, 9.17) is 0 Å². The average Bonchev–Trinajstić information content (AvgIpc) is 2.41. The minimum absolute atomic E-state index is 0.129. The molecule has 0 aromatic heterocycles. The highest BCUT2D eigenvalue weighted by atomic mass is 16.1. The summed E-state index contributed by atoms with van der Waals surface area (Å²) in [5, 5.41) is 3.16. The molecule has 1 aliphatic carbocycles. The number of nitrogens with one attached hydrogen (secondary N) is 1. The van der Waals surface area contributed by atoms with Crippen molar-refractivity contribution in [2.45, 2.75) is 46.0 Å². The Hall–Kier alpha value is -1.57. The van der Waals surface area contributed by atoms with Gasteiger partial charge in [0.15, 0.2) is 0 Å². The summed E-state index contributed by atoms with van der Waals surface area (Å²) in [6.07, 6.45) is 7.13. The SMILES string of the molecule is Cc1cccc(C(C)C)c1NC(=O)C1CC=CCC1. The number of benzene rings is 1. The van der Waals surface area contributed by atoms with Crippen LogP contribution in [-0.2, 0) is 4.79 Å². The second kappa shape index (κ2) is 6.05. The monoisotopic (exact) mass is 257 g/mol. The molecule has 0 saturated heterocycles. The quantitative estimate of drug-likeness (QED) is 0.798. The van der Waals surface area contributed by atoms with Crippen LogP contribution in [0.2, 0.25) is 0 Å². The van der Waals surface area contributed by atoms with Gasteiger partial charge < -0.3 is 5.32 Å². The summed E-state index contributed by atoms with van der Waals surface area (Å²) in [7, 11) is 0. The standard InChI is InChI=1S/C17H23NO/c1-12(2)15-11-7-8-13(3)16(15)18-17(19)14-9-5-4-6-10-14/h4-5,7-8,11-12,14H,6,9-10H2,1-3H3,(H,18,19). The van der Waals surface area contributed by atoms with Crippen molar-refractivity contribution in [2.24, 2.45) is 5.92 Å². The Balaban J connectivity index is 2.18. The highest BCUT2D eigenvalue weighted by molar-refractivity contribution is 5.94. The first kappa shape index (κ1) is 13.9. The summed E-state index contributed by atoms with van der Waals surface area (Å²) in [4.78, 5) is 12.3. The number of aryl methyl sites for hydroxylation is 1. The number of allylic oxidation sites excluding steroid dienone is 2. The second-order valence-corrected chi connectivity index (χ2v) is 5.66. The third kappa shape index (κ3) is 3.25. The number of para-hydroxylation sites is 1. The van der Waals surface area contributed by atoms with E-state index < -0.39 is 0 Å². The molecule has 0 heterocycles. The summed E-state index contributed by atoms with van der Waals surface area (Å²) in [6, 6.07) is 6.22. The van der Waals surface area contributed by atoms with Crippen LogP contribution in [0.15, 0.2) is 30.4 Å². The maximum Gasteiger partial charge on any atom is 0.227 e. The van der Waals surface area contributed by atoms with Crippen LogP contribution < -0.4 is 5.32 Å². The zero-order chi connectivity index (χ0) is 13.8. The number of hydrogen-bond acceptors (Lipinski definition) is 1. The van der Waals surface area contributed by atoms with Crippen LogP contribution in [0.4, 0.5) is 5.69 Å². The van der Waals surface area contributed by atoms with Gasteiger partial charge in [0.05, 0.1) is 0 Å². The molecular formula is C17H23NO. The highest BCUT2D eigenvalue weighted by Crippen LogP contribution is 2.29. The summed E-state index contributed by atoms with van der Waals surface area (Å²) in [6.45, 7) is 6.38. The van der Waals surface area contributed by atoms with E-state index in [2.05, 4.69) is 56.4 Å². The predicted octanol–water partition coefficient (Wildman–Crippen LogP) is 4.41. The van der Waals surface area contributed by atoms with Crippen molar-refractivity contribution < 1.29 is 4.79 Å². The van der Waals surface area contributed by atoms with E-state index in [1.807, 2.05) is 0 Å². The molecule has 1 atom stereocenters. The Bertz CT molecular complexity index is 488. The molecule has 0 fully saturated rings.